The van der Waals surface area contributed by atoms with Gasteiger partial charge < -0.3 is 14.7 Å². The predicted molar refractivity (Wildman–Crippen MR) is 107 cm³/mol. The Morgan fingerprint density at radius 2 is 1.70 bits per heavy atom. The van der Waals surface area contributed by atoms with Gasteiger partial charge >= 0.3 is 0 Å². The zero-order valence-electron chi connectivity index (χ0n) is 16.0. The van der Waals surface area contributed by atoms with Crippen LogP contribution in [0, 0.1) is 6.92 Å². The molecule has 1 amide bonds. The Balaban J connectivity index is 1.41. The normalized spacial score (nSPS) is 18.1. The summed E-state index contributed by atoms with van der Waals surface area (Å²) in [4.78, 5) is 27.9. The van der Waals surface area contributed by atoms with Gasteiger partial charge in [0.2, 0.25) is 5.91 Å². The third-order valence-corrected chi connectivity index (χ3v) is 5.42. The van der Waals surface area contributed by atoms with Crippen LogP contribution in [0.1, 0.15) is 30.4 Å². The number of hydrogen-bond donors (Lipinski definition) is 0. The van der Waals surface area contributed by atoms with E-state index in [1.165, 1.54) is 30.4 Å². The molecule has 0 atom stereocenters. The van der Waals surface area contributed by atoms with Crippen LogP contribution in [0.25, 0.3) is 0 Å². The number of piperazine rings is 1. The van der Waals surface area contributed by atoms with E-state index in [4.69, 9.17) is 0 Å². The molecular weight excluding hydrogens is 338 g/mol. The summed E-state index contributed by atoms with van der Waals surface area (Å²) in [6, 6.07) is 10.4. The first-order chi connectivity index (χ1) is 13.2. The monoisotopic (exact) mass is 365 g/mol. The van der Waals surface area contributed by atoms with E-state index in [0.717, 1.165) is 37.8 Å². The smallest absolute Gasteiger partial charge is 0.242 e. The average molecular weight is 365 g/mol. The summed E-state index contributed by atoms with van der Waals surface area (Å²) in [6.45, 7) is 6.76. The molecule has 0 N–H and O–H groups in total. The Kier molecular flexibility index (Phi) is 5.23. The maximum Gasteiger partial charge on any atom is 0.242 e. The van der Waals surface area contributed by atoms with Gasteiger partial charge in [0, 0.05) is 38.8 Å². The molecule has 0 spiro atoms. The van der Waals surface area contributed by atoms with Gasteiger partial charge in [0.25, 0.3) is 0 Å². The molecule has 0 radical (unpaired) electrons. The van der Waals surface area contributed by atoms with E-state index in [9.17, 15) is 4.79 Å². The summed E-state index contributed by atoms with van der Waals surface area (Å²) in [5.74, 6) is 1.99. The van der Waals surface area contributed by atoms with Crippen LogP contribution in [0.5, 0.6) is 0 Å². The summed E-state index contributed by atoms with van der Waals surface area (Å²) in [7, 11) is 0. The lowest BCUT2D eigenvalue weighted by Crippen LogP contribution is -2.50. The number of piperidine rings is 1. The van der Waals surface area contributed by atoms with Crippen molar-refractivity contribution >= 4 is 17.5 Å². The molecule has 2 aliphatic rings. The number of hydrogen-bond acceptors (Lipinski definition) is 5. The fourth-order valence-electron chi connectivity index (χ4n) is 3.91. The largest absolute Gasteiger partial charge is 0.356 e. The molecule has 4 rings (SSSR count). The SMILES string of the molecule is Cc1cccc(CN2CCN(c3cc(N4CCCCC4)ncn3)CC2=O)c1. The van der Waals surface area contributed by atoms with Gasteiger partial charge in [0.05, 0.1) is 6.54 Å². The van der Waals surface area contributed by atoms with Crippen molar-refractivity contribution in [3.05, 3.63) is 47.8 Å². The lowest BCUT2D eigenvalue weighted by molar-refractivity contribution is -0.131. The molecule has 2 aromatic rings. The van der Waals surface area contributed by atoms with Gasteiger partial charge in [-0.3, -0.25) is 4.79 Å². The number of aromatic nitrogens is 2. The molecule has 0 saturated carbocycles. The maximum absolute atomic E-state index is 12.7. The molecule has 142 valence electrons. The molecular formula is C21H27N5O. The Hall–Kier alpha value is -2.63. The second kappa shape index (κ2) is 7.94. The highest BCUT2D eigenvalue weighted by Crippen LogP contribution is 2.22. The van der Waals surface area contributed by atoms with Crippen LogP contribution < -0.4 is 9.80 Å². The summed E-state index contributed by atoms with van der Waals surface area (Å²) in [5.41, 5.74) is 2.41. The van der Waals surface area contributed by atoms with Gasteiger partial charge in [-0.25, -0.2) is 9.97 Å². The number of carbonyl (C=O) groups excluding carboxylic acids is 1. The van der Waals surface area contributed by atoms with Crippen LogP contribution in [-0.4, -0.2) is 53.5 Å². The summed E-state index contributed by atoms with van der Waals surface area (Å²) in [6.07, 6.45) is 5.36. The van der Waals surface area contributed by atoms with Gasteiger partial charge in [0.15, 0.2) is 0 Å². The van der Waals surface area contributed by atoms with E-state index in [0.29, 0.717) is 13.1 Å². The summed E-state index contributed by atoms with van der Waals surface area (Å²) >= 11 is 0. The van der Waals surface area contributed by atoms with Gasteiger partial charge in [-0.1, -0.05) is 29.8 Å². The number of nitrogens with zero attached hydrogens (tertiary/aromatic N) is 5. The number of aryl methyl sites for hydroxylation is 1. The quantitative estimate of drug-likeness (QED) is 0.834. The Bertz CT molecular complexity index is 803. The molecule has 1 aromatic carbocycles. The highest BCUT2D eigenvalue weighted by Gasteiger charge is 2.25. The van der Waals surface area contributed by atoms with Crippen molar-refractivity contribution in [2.24, 2.45) is 0 Å². The number of anilines is 2. The van der Waals surface area contributed by atoms with E-state index in [-0.39, 0.29) is 5.91 Å². The first kappa shape index (κ1) is 17.8. The molecule has 6 heteroatoms. The Morgan fingerprint density at radius 3 is 2.44 bits per heavy atom. The van der Waals surface area contributed by atoms with E-state index in [2.05, 4.69) is 51.0 Å². The molecule has 2 saturated heterocycles. The Morgan fingerprint density at radius 1 is 0.926 bits per heavy atom. The molecule has 0 bridgehead atoms. The van der Waals surface area contributed by atoms with Crippen LogP contribution in [0.2, 0.25) is 0 Å². The topological polar surface area (TPSA) is 52.6 Å². The van der Waals surface area contributed by atoms with Crippen molar-refractivity contribution in [2.75, 3.05) is 42.5 Å². The molecule has 27 heavy (non-hydrogen) atoms. The first-order valence-electron chi connectivity index (χ1n) is 9.84. The van der Waals surface area contributed by atoms with Gasteiger partial charge in [-0.05, 0) is 31.7 Å². The molecule has 3 heterocycles. The van der Waals surface area contributed by atoms with Crippen molar-refractivity contribution in [1.29, 1.82) is 0 Å². The van der Waals surface area contributed by atoms with E-state index in [1.54, 1.807) is 6.33 Å². The van der Waals surface area contributed by atoms with Crippen molar-refractivity contribution in [3.63, 3.8) is 0 Å². The van der Waals surface area contributed by atoms with Gasteiger partial charge in [-0.2, -0.15) is 0 Å². The van der Waals surface area contributed by atoms with Crippen molar-refractivity contribution in [3.8, 4) is 0 Å². The lowest BCUT2D eigenvalue weighted by atomic mass is 10.1. The van der Waals surface area contributed by atoms with Gasteiger partial charge in [-0.15, -0.1) is 0 Å². The predicted octanol–water partition coefficient (Wildman–Crippen LogP) is 2.62. The zero-order chi connectivity index (χ0) is 18.6. The summed E-state index contributed by atoms with van der Waals surface area (Å²) < 4.78 is 0. The van der Waals surface area contributed by atoms with E-state index < -0.39 is 0 Å². The third kappa shape index (κ3) is 4.21. The molecule has 6 nitrogen and oxygen atoms in total. The summed E-state index contributed by atoms with van der Waals surface area (Å²) in [5, 5.41) is 0. The molecule has 2 fully saturated rings. The first-order valence-corrected chi connectivity index (χ1v) is 9.84. The van der Waals surface area contributed by atoms with Crippen LogP contribution in [0.4, 0.5) is 11.6 Å². The van der Waals surface area contributed by atoms with E-state index >= 15 is 0 Å². The molecule has 0 aliphatic carbocycles. The van der Waals surface area contributed by atoms with Crippen LogP contribution in [-0.2, 0) is 11.3 Å². The molecule has 0 unspecified atom stereocenters. The van der Waals surface area contributed by atoms with Gasteiger partial charge in [0.1, 0.15) is 18.0 Å². The average Bonchev–Trinajstić information content (AvgIpc) is 2.70. The van der Waals surface area contributed by atoms with Crippen molar-refractivity contribution in [1.82, 2.24) is 14.9 Å². The standard InChI is InChI=1S/C21H27N5O/c1-17-6-5-7-18(12-17)14-26-11-10-25(15-21(26)27)20-13-19(22-16-23-20)24-8-3-2-4-9-24/h5-7,12-13,16H,2-4,8-11,14-15H2,1H3. The van der Waals surface area contributed by atoms with Crippen molar-refractivity contribution < 1.29 is 4.79 Å². The van der Waals surface area contributed by atoms with Crippen LogP contribution >= 0.6 is 0 Å². The van der Waals surface area contributed by atoms with Crippen LogP contribution in [0.3, 0.4) is 0 Å². The highest BCUT2D eigenvalue weighted by molar-refractivity contribution is 5.82. The second-order valence-corrected chi connectivity index (χ2v) is 7.51. The van der Waals surface area contributed by atoms with Crippen molar-refractivity contribution in [2.45, 2.75) is 32.7 Å². The minimum absolute atomic E-state index is 0.154. The van der Waals surface area contributed by atoms with Crippen LogP contribution in [0.15, 0.2) is 36.7 Å². The number of rotatable bonds is 4. The lowest BCUT2D eigenvalue weighted by Gasteiger charge is -2.35. The Labute approximate surface area is 160 Å². The zero-order valence-corrected chi connectivity index (χ0v) is 16.0. The minimum Gasteiger partial charge on any atom is -0.356 e. The highest BCUT2D eigenvalue weighted by atomic mass is 16.2. The third-order valence-electron chi connectivity index (χ3n) is 5.42. The fraction of sp³-hybridized carbons (Fsp3) is 0.476. The number of benzene rings is 1. The second-order valence-electron chi connectivity index (χ2n) is 7.51. The van der Waals surface area contributed by atoms with E-state index in [1.807, 2.05) is 11.0 Å². The molecule has 2 aliphatic heterocycles. The number of carbonyl (C=O) groups is 1. The molecule has 1 aromatic heterocycles. The number of amides is 1. The minimum atomic E-state index is 0.154. The fourth-order valence-corrected chi connectivity index (χ4v) is 3.91. The maximum atomic E-state index is 12.7.